The zero-order valence-corrected chi connectivity index (χ0v) is 17.7. The van der Waals surface area contributed by atoms with Crippen molar-refractivity contribution in [1.29, 1.82) is 0 Å². The van der Waals surface area contributed by atoms with Crippen molar-refractivity contribution in [3.63, 3.8) is 0 Å². The van der Waals surface area contributed by atoms with Crippen molar-refractivity contribution in [2.75, 3.05) is 24.6 Å². The van der Waals surface area contributed by atoms with Crippen LogP contribution in [0.4, 0.5) is 10.2 Å². The van der Waals surface area contributed by atoms with Gasteiger partial charge in [0, 0.05) is 18.5 Å². The Kier molecular flexibility index (Phi) is 4.47. The van der Waals surface area contributed by atoms with Gasteiger partial charge in [0.25, 0.3) is 0 Å². The summed E-state index contributed by atoms with van der Waals surface area (Å²) in [4.78, 5) is 15.1. The van der Waals surface area contributed by atoms with Crippen LogP contribution in [0.3, 0.4) is 0 Å². The number of rotatable bonds is 3. The quantitative estimate of drug-likeness (QED) is 0.491. The van der Waals surface area contributed by atoms with E-state index in [9.17, 15) is 19.7 Å². The van der Waals surface area contributed by atoms with Gasteiger partial charge in [-0.15, -0.1) is 0 Å². The van der Waals surface area contributed by atoms with Crippen molar-refractivity contribution < 1.29 is 24.4 Å². The molecule has 0 bridgehead atoms. The molecule has 3 N–H and O–H groups in total. The summed E-state index contributed by atoms with van der Waals surface area (Å²) < 4.78 is 21.3. The van der Waals surface area contributed by atoms with Crippen LogP contribution in [0.2, 0.25) is 5.28 Å². The number of aliphatic hydroxyl groups excluding tert-OH is 3. The second-order valence-electron chi connectivity index (χ2n) is 8.96. The second-order valence-corrected chi connectivity index (χ2v) is 9.29. The van der Waals surface area contributed by atoms with Crippen LogP contribution in [0.5, 0.6) is 0 Å². The molecular formula is C21H21ClFN5O4. The Balaban J connectivity index is 1.30. The molecule has 0 saturated carbocycles. The number of halogens is 2. The van der Waals surface area contributed by atoms with Gasteiger partial charge in [-0.2, -0.15) is 9.97 Å². The number of ether oxygens (including phenoxy) is 1. The fraction of sp³-hybridized carbons (Fsp3) is 0.476. The normalized spacial score (nSPS) is 28.5. The molecule has 4 atom stereocenters. The summed E-state index contributed by atoms with van der Waals surface area (Å²) in [6.07, 6.45) is -1.43. The number of aliphatic hydroxyl groups is 3. The monoisotopic (exact) mass is 461 g/mol. The lowest BCUT2D eigenvalue weighted by atomic mass is 9.77. The summed E-state index contributed by atoms with van der Waals surface area (Å²) in [7, 11) is 0. The highest BCUT2D eigenvalue weighted by molar-refractivity contribution is 6.28. The van der Waals surface area contributed by atoms with Crippen molar-refractivity contribution >= 4 is 28.6 Å². The predicted octanol–water partition coefficient (Wildman–Crippen LogP) is 0.835. The molecule has 168 valence electrons. The molecule has 1 aromatic carbocycles. The molecule has 3 aliphatic rings. The molecule has 9 nitrogen and oxygen atoms in total. The molecule has 2 aliphatic heterocycles. The first kappa shape index (κ1) is 20.3. The third-order valence-corrected chi connectivity index (χ3v) is 7.02. The van der Waals surface area contributed by atoms with E-state index in [1.165, 1.54) is 17.0 Å². The molecule has 0 amide bonds. The zero-order chi connectivity index (χ0) is 22.2. The fourth-order valence-corrected chi connectivity index (χ4v) is 5.50. The minimum atomic E-state index is -1.26. The first-order valence-electron chi connectivity index (χ1n) is 10.4. The van der Waals surface area contributed by atoms with E-state index in [-0.39, 0.29) is 16.5 Å². The van der Waals surface area contributed by atoms with Gasteiger partial charge in [0.1, 0.15) is 24.1 Å². The van der Waals surface area contributed by atoms with Crippen LogP contribution < -0.4 is 4.90 Å². The number of nitrogens with zero attached hydrogens (tertiary/aromatic N) is 5. The van der Waals surface area contributed by atoms with E-state index in [0.717, 1.165) is 17.5 Å². The highest BCUT2D eigenvalue weighted by Crippen LogP contribution is 2.47. The fourth-order valence-electron chi connectivity index (χ4n) is 5.34. The Morgan fingerprint density at radius 2 is 2.00 bits per heavy atom. The topological polar surface area (TPSA) is 117 Å². The molecule has 4 heterocycles. The van der Waals surface area contributed by atoms with Gasteiger partial charge in [0.15, 0.2) is 23.2 Å². The standard InChI is InChI=1S/C21H21ClFN5O4/c22-20-25-17(27-7-21(8-27)4-10-2-1-3-12(23)11(10)5-21)14-18(26-20)28(9-24-14)19-16(31)15(30)13(6-29)32-19/h1-3,9,13,15-16,19,29-31H,4-8H2. The minimum absolute atomic E-state index is 0.0164. The summed E-state index contributed by atoms with van der Waals surface area (Å²) in [6.45, 7) is 0.940. The largest absolute Gasteiger partial charge is 0.394 e. The van der Waals surface area contributed by atoms with Crippen molar-refractivity contribution in [2.45, 2.75) is 37.4 Å². The lowest BCUT2D eigenvalue weighted by molar-refractivity contribution is -0.0511. The van der Waals surface area contributed by atoms with Gasteiger partial charge in [-0.1, -0.05) is 12.1 Å². The molecule has 0 radical (unpaired) electrons. The lowest BCUT2D eigenvalue weighted by Crippen LogP contribution is -2.57. The van der Waals surface area contributed by atoms with E-state index in [4.69, 9.17) is 16.3 Å². The Morgan fingerprint density at radius 1 is 1.19 bits per heavy atom. The lowest BCUT2D eigenvalue weighted by Gasteiger charge is -2.49. The number of hydrogen-bond donors (Lipinski definition) is 3. The van der Waals surface area contributed by atoms with Crippen molar-refractivity contribution in [3.05, 3.63) is 46.8 Å². The molecule has 4 unspecified atom stereocenters. The molecule has 1 spiro atoms. The first-order valence-corrected chi connectivity index (χ1v) is 10.8. The SMILES string of the molecule is OCC1OC(n2cnc3c(N4CC5(Cc6cccc(F)c6C5)C4)nc(Cl)nc32)C(O)C1O. The Labute approximate surface area is 187 Å². The maximum Gasteiger partial charge on any atom is 0.226 e. The number of benzene rings is 1. The van der Waals surface area contributed by atoms with Crippen molar-refractivity contribution in [1.82, 2.24) is 19.5 Å². The van der Waals surface area contributed by atoms with Crippen LogP contribution in [0.1, 0.15) is 17.4 Å². The van der Waals surface area contributed by atoms with Crippen LogP contribution in [0, 0.1) is 11.2 Å². The van der Waals surface area contributed by atoms with Gasteiger partial charge >= 0.3 is 0 Å². The number of fused-ring (bicyclic) bond motifs is 2. The van der Waals surface area contributed by atoms with E-state index < -0.39 is 31.1 Å². The van der Waals surface area contributed by atoms with E-state index >= 15 is 0 Å². The van der Waals surface area contributed by atoms with Crippen LogP contribution in [-0.4, -0.2) is 72.8 Å². The van der Waals surface area contributed by atoms with Gasteiger partial charge in [0.05, 0.1) is 12.9 Å². The van der Waals surface area contributed by atoms with E-state index in [1.54, 1.807) is 6.07 Å². The molecule has 2 saturated heterocycles. The van der Waals surface area contributed by atoms with Gasteiger partial charge in [0.2, 0.25) is 5.28 Å². The number of hydrogen-bond acceptors (Lipinski definition) is 8. The maximum atomic E-state index is 14.2. The van der Waals surface area contributed by atoms with E-state index in [0.29, 0.717) is 36.5 Å². The second kappa shape index (κ2) is 7.06. The Bertz CT molecular complexity index is 1220. The summed E-state index contributed by atoms with van der Waals surface area (Å²) >= 11 is 6.22. The van der Waals surface area contributed by atoms with Gasteiger partial charge in [-0.25, -0.2) is 9.37 Å². The third kappa shape index (κ3) is 2.87. The highest BCUT2D eigenvalue weighted by Gasteiger charge is 2.49. The average Bonchev–Trinajstić information content (AvgIpc) is 3.42. The van der Waals surface area contributed by atoms with E-state index in [2.05, 4.69) is 15.0 Å². The molecule has 1 aliphatic carbocycles. The molecule has 32 heavy (non-hydrogen) atoms. The van der Waals surface area contributed by atoms with Crippen LogP contribution in [0.15, 0.2) is 24.5 Å². The number of imidazole rings is 1. The molecule has 11 heteroatoms. The summed E-state index contributed by atoms with van der Waals surface area (Å²) in [5.41, 5.74) is 2.66. The molecular weight excluding hydrogens is 441 g/mol. The van der Waals surface area contributed by atoms with Crippen molar-refractivity contribution in [2.24, 2.45) is 5.41 Å². The average molecular weight is 462 g/mol. The summed E-state index contributed by atoms with van der Waals surface area (Å²) in [6, 6.07) is 5.24. The molecule has 3 aromatic rings. The Morgan fingerprint density at radius 3 is 2.72 bits per heavy atom. The van der Waals surface area contributed by atoms with Crippen LogP contribution in [0.25, 0.3) is 11.2 Å². The van der Waals surface area contributed by atoms with E-state index in [1.807, 2.05) is 11.0 Å². The Hall–Kier alpha value is -2.37. The smallest absolute Gasteiger partial charge is 0.226 e. The highest BCUT2D eigenvalue weighted by atomic mass is 35.5. The minimum Gasteiger partial charge on any atom is -0.394 e. The molecule has 2 aromatic heterocycles. The summed E-state index contributed by atoms with van der Waals surface area (Å²) in [5.74, 6) is 0.412. The maximum absolute atomic E-state index is 14.2. The van der Waals surface area contributed by atoms with Crippen LogP contribution in [-0.2, 0) is 17.6 Å². The number of aromatic nitrogens is 4. The van der Waals surface area contributed by atoms with Gasteiger partial charge < -0.3 is 25.0 Å². The van der Waals surface area contributed by atoms with Crippen LogP contribution >= 0.6 is 11.6 Å². The third-order valence-electron chi connectivity index (χ3n) is 6.85. The molecule has 6 rings (SSSR count). The number of anilines is 1. The van der Waals surface area contributed by atoms with Crippen molar-refractivity contribution in [3.8, 4) is 0 Å². The molecule has 2 fully saturated rings. The zero-order valence-electron chi connectivity index (χ0n) is 16.9. The first-order chi connectivity index (χ1) is 15.4. The predicted molar refractivity (Wildman–Crippen MR) is 112 cm³/mol. The summed E-state index contributed by atoms with van der Waals surface area (Å²) in [5, 5.41) is 29.9. The van der Waals surface area contributed by atoms with Gasteiger partial charge in [-0.05, 0) is 41.6 Å². The van der Waals surface area contributed by atoms with Gasteiger partial charge in [-0.3, -0.25) is 4.57 Å².